The third-order valence-electron chi connectivity index (χ3n) is 4.88. The molecule has 3 rings (SSSR count). The zero-order valence-electron chi connectivity index (χ0n) is 18.8. The number of carbonyl (C=O) groups excluding carboxylic acids is 1. The van der Waals surface area contributed by atoms with Gasteiger partial charge in [0.1, 0.15) is 17.1 Å². The van der Waals surface area contributed by atoms with Crippen LogP contribution < -0.4 is 29.9 Å². The van der Waals surface area contributed by atoms with Crippen LogP contribution in [0.2, 0.25) is 0 Å². The number of ether oxygens (including phenoxy) is 4. The van der Waals surface area contributed by atoms with Gasteiger partial charge in [0.15, 0.2) is 11.5 Å². The first-order chi connectivity index (χ1) is 16.0. The molecule has 9 nitrogen and oxygen atoms in total. The number of amides is 1. The van der Waals surface area contributed by atoms with Crippen LogP contribution in [0.5, 0.6) is 23.0 Å². The molecule has 33 heavy (non-hydrogen) atoms. The summed E-state index contributed by atoms with van der Waals surface area (Å²) in [5.74, 6) is 1.56. The minimum Gasteiger partial charge on any atom is -0.497 e. The number of hydrogen-bond donors (Lipinski definition) is 1. The summed E-state index contributed by atoms with van der Waals surface area (Å²) < 4.78 is 22.5. The van der Waals surface area contributed by atoms with E-state index in [0.29, 0.717) is 29.4 Å². The average molecular weight is 451 g/mol. The van der Waals surface area contributed by atoms with Crippen LogP contribution in [0.3, 0.4) is 0 Å². The summed E-state index contributed by atoms with van der Waals surface area (Å²) in [5, 5.41) is 3.97. The van der Waals surface area contributed by atoms with Gasteiger partial charge < -0.3 is 23.5 Å². The molecule has 2 aromatic carbocycles. The van der Waals surface area contributed by atoms with Gasteiger partial charge in [0, 0.05) is 17.8 Å². The highest BCUT2D eigenvalue weighted by atomic mass is 16.5. The molecule has 9 heteroatoms. The lowest BCUT2D eigenvalue weighted by atomic mass is 10.2. The summed E-state index contributed by atoms with van der Waals surface area (Å²) in [5.41, 5.74) is 3.39. The van der Waals surface area contributed by atoms with Gasteiger partial charge in [0.05, 0.1) is 41.2 Å². The van der Waals surface area contributed by atoms with Gasteiger partial charge in [-0.25, -0.2) is 5.43 Å². The summed E-state index contributed by atoms with van der Waals surface area (Å²) in [6.07, 6.45) is 3.03. The molecule has 0 aliphatic rings. The topological polar surface area (TPSA) is 100 Å². The van der Waals surface area contributed by atoms with E-state index in [4.69, 9.17) is 18.9 Å². The normalized spacial score (nSPS) is 10.7. The monoisotopic (exact) mass is 451 g/mol. The summed E-state index contributed by atoms with van der Waals surface area (Å²) in [6, 6.07) is 13.8. The molecule has 1 aromatic heterocycles. The van der Waals surface area contributed by atoms with Crippen molar-refractivity contribution in [2.75, 3.05) is 28.4 Å². The Bertz CT molecular complexity index is 1200. The van der Waals surface area contributed by atoms with E-state index in [9.17, 15) is 9.59 Å². The number of hydrogen-bond acceptors (Lipinski definition) is 7. The second kappa shape index (κ2) is 10.9. The van der Waals surface area contributed by atoms with E-state index in [0.717, 1.165) is 11.3 Å². The summed E-state index contributed by atoms with van der Waals surface area (Å²) in [7, 11) is 6.13. The highest BCUT2D eigenvalue weighted by Crippen LogP contribution is 2.33. The van der Waals surface area contributed by atoms with Crippen LogP contribution in [0.1, 0.15) is 21.5 Å². The van der Waals surface area contributed by atoms with Gasteiger partial charge in [0.25, 0.3) is 11.5 Å². The zero-order chi connectivity index (χ0) is 23.8. The molecule has 0 radical (unpaired) electrons. The number of methoxy groups -OCH3 is 4. The van der Waals surface area contributed by atoms with Crippen molar-refractivity contribution in [1.82, 2.24) is 9.99 Å². The molecule has 0 saturated carbocycles. The first kappa shape index (κ1) is 23.4. The van der Waals surface area contributed by atoms with Gasteiger partial charge in [-0.05, 0) is 35.9 Å². The van der Waals surface area contributed by atoms with Crippen LogP contribution >= 0.6 is 0 Å². The molecule has 0 saturated heterocycles. The Labute approximate surface area is 191 Å². The van der Waals surface area contributed by atoms with Crippen molar-refractivity contribution < 1.29 is 23.7 Å². The van der Waals surface area contributed by atoms with Crippen molar-refractivity contribution in [3.63, 3.8) is 0 Å². The molecule has 0 aliphatic heterocycles. The number of rotatable bonds is 9. The van der Waals surface area contributed by atoms with Crippen LogP contribution in [-0.4, -0.2) is 45.1 Å². The first-order valence-corrected chi connectivity index (χ1v) is 9.96. The van der Waals surface area contributed by atoms with Crippen LogP contribution in [0, 0.1) is 0 Å². The number of carbonyl (C=O) groups is 1. The molecule has 0 aliphatic carbocycles. The van der Waals surface area contributed by atoms with Crippen molar-refractivity contribution in [3.8, 4) is 23.0 Å². The molecule has 0 fully saturated rings. The number of pyridine rings is 1. The molecule has 0 bridgehead atoms. The lowest BCUT2D eigenvalue weighted by Gasteiger charge is -2.11. The summed E-state index contributed by atoms with van der Waals surface area (Å²) >= 11 is 0. The van der Waals surface area contributed by atoms with E-state index in [1.54, 1.807) is 31.5 Å². The van der Waals surface area contributed by atoms with E-state index >= 15 is 0 Å². The summed E-state index contributed by atoms with van der Waals surface area (Å²) in [4.78, 5) is 25.4. The molecule has 0 spiro atoms. The van der Waals surface area contributed by atoms with E-state index in [1.807, 2.05) is 24.3 Å². The van der Waals surface area contributed by atoms with Gasteiger partial charge in [-0.15, -0.1) is 0 Å². The number of hydrazone groups is 1. The van der Waals surface area contributed by atoms with Crippen molar-refractivity contribution >= 4 is 12.1 Å². The zero-order valence-corrected chi connectivity index (χ0v) is 18.8. The first-order valence-electron chi connectivity index (χ1n) is 9.96. The fourth-order valence-corrected chi connectivity index (χ4v) is 3.14. The Morgan fingerprint density at radius 1 is 0.939 bits per heavy atom. The quantitative estimate of drug-likeness (QED) is 0.397. The van der Waals surface area contributed by atoms with Crippen LogP contribution in [0.25, 0.3) is 0 Å². The fraction of sp³-hybridized carbons (Fsp3) is 0.208. The Morgan fingerprint density at radius 2 is 1.61 bits per heavy atom. The van der Waals surface area contributed by atoms with E-state index in [-0.39, 0.29) is 5.56 Å². The van der Waals surface area contributed by atoms with Gasteiger partial charge >= 0.3 is 0 Å². The van der Waals surface area contributed by atoms with E-state index in [1.165, 1.54) is 38.2 Å². The molecule has 1 N–H and O–H groups in total. The van der Waals surface area contributed by atoms with Gasteiger partial charge in [-0.3, -0.25) is 9.59 Å². The van der Waals surface area contributed by atoms with Crippen LogP contribution in [0.4, 0.5) is 0 Å². The van der Waals surface area contributed by atoms with Crippen molar-refractivity contribution in [3.05, 3.63) is 81.8 Å². The van der Waals surface area contributed by atoms with Crippen molar-refractivity contribution in [1.29, 1.82) is 0 Å². The lowest BCUT2D eigenvalue weighted by molar-refractivity contribution is 0.0953. The maximum absolute atomic E-state index is 12.8. The molecular weight excluding hydrogens is 426 g/mol. The predicted molar refractivity (Wildman–Crippen MR) is 124 cm³/mol. The van der Waals surface area contributed by atoms with Gasteiger partial charge in [0.2, 0.25) is 0 Å². The maximum Gasteiger partial charge on any atom is 0.276 e. The third kappa shape index (κ3) is 5.51. The molecule has 1 amide bonds. The molecule has 0 unspecified atom stereocenters. The number of aromatic nitrogens is 1. The second-order valence-corrected chi connectivity index (χ2v) is 6.85. The largest absolute Gasteiger partial charge is 0.497 e. The smallest absolute Gasteiger partial charge is 0.276 e. The Kier molecular flexibility index (Phi) is 7.69. The average Bonchev–Trinajstić information content (AvgIpc) is 2.85. The highest BCUT2D eigenvalue weighted by Gasteiger charge is 2.13. The Hall–Kier alpha value is -4.27. The summed E-state index contributed by atoms with van der Waals surface area (Å²) in [6.45, 7) is 0.316. The number of nitrogens with one attached hydrogen (secondary N) is 1. The maximum atomic E-state index is 12.8. The SMILES string of the molecule is COc1ccc(Cn2cccc(C(=O)N/N=C\c3cc(OC)c(OC)cc3OC)c2=O)cc1. The van der Waals surface area contributed by atoms with Gasteiger partial charge in [-0.2, -0.15) is 5.10 Å². The Morgan fingerprint density at radius 3 is 2.24 bits per heavy atom. The van der Waals surface area contributed by atoms with E-state index < -0.39 is 11.5 Å². The molecule has 172 valence electrons. The van der Waals surface area contributed by atoms with E-state index in [2.05, 4.69) is 10.5 Å². The van der Waals surface area contributed by atoms with Crippen LogP contribution in [-0.2, 0) is 6.54 Å². The molecule has 3 aromatic rings. The Balaban J connectivity index is 1.76. The second-order valence-electron chi connectivity index (χ2n) is 6.85. The number of benzene rings is 2. The third-order valence-corrected chi connectivity index (χ3v) is 4.88. The minimum absolute atomic E-state index is 0.0255. The molecule has 0 atom stereocenters. The highest BCUT2D eigenvalue weighted by molar-refractivity contribution is 5.94. The van der Waals surface area contributed by atoms with Gasteiger partial charge in [-0.1, -0.05) is 12.1 Å². The van der Waals surface area contributed by atoms with Crippen LogP contribution in [0.15, 0.2) is 64.6 Å². The number of nitrogens with zero attached hydrogens (tertiary/aromatic N) is 2. The predicted octanol–water partition coefficient (Wildman–Crippen LogP) is 2.69. The molecular formula is C24H25N3O6. The standard InChI is InChI=1S/C24H25N3O6/c1-30-18-9-7-16(8-10-18)15-27-11-5-6-19(24(27)29)23(28)26-25-14-17-12-21(32-3)22(33-4)13-20(17)31-2/h5-14H,15H2,1-4H3,(H,26,28)/b25-14-. The molecule has 1 heterocycles. The lowest BCUT2D eigenvalue weighted by Crippen LogP contribution is -2.30. The minimum atomic E-state index is -0.625. The van der Waals surface area contributed by atoms with Crippen molar-refractivity contribution in [2.45, 2.75) is 6.54 Å². The fourth-order valence-electron chi connectivity index (χ4n) is 3.14. The van der Waals surface area contributed by atoms with Crippen molar-refractivity contribution in [2.24, 2.45) is 5.10 Å².